The molecule has 2 amide bonds. The molecule has 9 nitrogen and oxygen atoms in total. The summed E-state index contributed by atoms with van der Waals surface area (Å²) in [6.45, 7) is 3.26. The van der Waals surface area contributed by atoms with Gasteiger partial charge in [0.2, 0.25) is 5.91 Å². The van der Waals surface area contributed by atoms with Crippen molar-refractivity contribution in [2.24, 2.45) is 5.92 Å². The number of ether oxygens (including phenoxy) is 2. The van der Waals surface area contributed by atoms with E-state index < -0.39 is 22.8 Å². The Bertz CT molecular complexity index is 1010. The Morgan fingerprint density at radius 2 is 2.07 bits per heavy atom. The van der Waals surface area contributed by atoms with E-state index in [0.29, 0.717) is 22.2 Å². The number of nitrogens with one attached hydrogen (secondary N) is 1. The van der Waals surface area contributed by atoms with Crippen LogP contribution in [0.4, 0.5) is 17.1 Å². The van der Waals surface area contributed by atoms with E-state index in [1.54, 1.807) is 12.1 Å². The number of nitro benzene ring substituents is 1. The summed E-state index contributed by atoms with van der Waals surface area (Å²) in [5, 5.41) is 14.2. The number of nitro groups is 1. The van der Waals surface area contributed by atoms with Crippen LogP contribution in [-0.4, -0.2) is 36.5 Å². The van der Waals surface area contributed by atoms with Gasteiger partial charge in [0.05, 0.1) is 23.4 Å². The van der Waals surface area contributed by atoms with Crippen LogP contribution in [0, 0.1) is 16.0 Å². The number of rotatable bonds is 6. The molecular formula is C20H20ClN3O6. The molecule has 2 aromatic rings. The normalized spacial score (nSPS) is 15.4. The summed E-state index contributed by atoms with van der Waals surface area (Å²) in [7, 11) is 1.45. The Morgan fingerprint density at radius 1 is 1.33 bits per heavy atom. The number of hydrogen-bond donors (Lipinski definition) is 1. The summed E-state index contributed by atoms with van der Waals surface area (Å²) in [4.78, 5) is 37.5. The highest BCUT2D eigenvalue weighted by atomic mass is 35.5. The van der Waals surface area contributed by atoms with E-state index in [2.05, 4.69) is 5.32 Å². The van der Waals surface area contributed by atoms with Gasteiger partial charge in [-0.1, -0.05) is 25.4 Å². The van der Waals surface area contributed by atoms with Crippen molar-refractivity contribution in [3.8, 4) is 11.5 Å². The summed E-state index contributed by atoms with van der Waals surface area (Å²) < 4.78 is 11.0. The SMILES string of the molecule is COc1ccc(Cl)cc1NC(=O)CN1C(=O)C(C(C)C)Oc2ccc([N+](=O)[O-])cc21. The van der Waals surface area contributed by atoms with Crippen LogP contribution in [0.2, 0.25) is 5.02 Å². The number of benzene rings is 2. The van der Waals surface area contributed by atoms with Gasteiger partial charge in [-0.15, -0.1) is 0 Å². The second-order valence-electron chi connectivity index (χ2n) is 7.01. The van der Waals surface area contributed by atoms with Crippen LogP contribution in [-0.2, 0) is 9.59 Å². The minimum Gasteiger partial charge on any atom is -0.495 e. The number of hydrogen-bond acceptors (Lipinski definition) is 6. The fourth-order valence-electron chi connectivity index (χ4n) is 3.08. The molecule has 1 aliphatic rings. The van der Waals surface area contributed by atoms with Crippen LogP contribution in [0.5, 0.6) is 11.5 Å². The van der Waals surface area contributed by atoms with Crippen LogP contribution in [0.3, 0.4) is 0 Å². The van der Waals surface area contributed by atoms with Crippen LogP contribution >= 0.6 is 11.6 Å². The van der Waals surface area contributed by atoms with Gasteiger partial charge in [0.1, 0.15) is 18.0 Å². The fraction of sp³-hybridized carbons (Fsp3) is 0.300. The molecule has 0 aliphatic carbocycles. The van der Waals surface area contributed by atoms with Crippen molar-refractivity contribution in [2.75, 3.05) is 23.9 Å². The lowest BCUT2D eigenvalue weighted by Gasteiger charge is -2.35. The molecule has 30 heavy (non-hydrogen) atoms. The number of methoxy groups -OCH3 is 1. The Labute approximate surface area is 177 Å². The van der Waals surface area contributed by atoms with Crippen molar-refractivity contribution in [1.29, 1.82) is 0 Å². The van der Waals surface area contributed by atoms with E-state index in [0.717, 1.165) is 0 Å². The third-order valence-corrected chi connectivity index (χ3v) is 4.79. The molecule has 0 fully saturated rings. The van der Waals surface area contributed by atoms with Crippen molar-refractivity contribution >= 4 is 40.5 Å². The number of amides is 2. The van der Waals surface area contributed by atoms with Gasteiger partial charge in [0.25, 0.3) is 11.6 Å². The van der Waals surface area contributed by atoms with E-state index in [4.69, 9.17) is 21.1 Å². The molecule has 1 heterocycles. The maximum absolute atomic E-state index is 13.0. The van der Waals surface area contributed by atoms with Crippen molar-refractivity contribution in [2.45, 2.75) is 20.0 Å². The molecule has 3 rings (SSSR count). The van der Waals surface area contributed by atoms with E-state index >= 15 is 0 Å². The smallest absolute Gasteiger partial charge is 0.271 e. The molecule has 0 spiro atoms. The van der Waals surface area contributed by atoms with Crippen LogP contribution in [0.25, 0.3) is 0 Å². The Hall–Kier alpha value is -3.33. The topological polar surface area (TPSA) is 111 Å². The third-order valence-electron chi connectivity index (χ3n) is 4.55. The van der Waals surface area contributed by atoms with Crippen molar-refractivity contribution in [1.82, 2.24) is 0 Å². The van der Waals surface area contributed by atoms with E-state index in [1.807, 2.05) is 13.8 Å². The zero-order valence-electron chi connectivity index (χ0n) is 16.5. The largest absolute Gasteiger partial charge is 0.495 e. The minimum absolute atomic E-state index is 0.166. The molecule has 0 saturated carbocycles. The summed E-state index contributed by atoms with van der Waals surface area (Å²) in [6.07, 6.45) is -0.813. The Morgan fingerprint density at radius 3 is 2.70 bits per heavy atom. The molecule has 0 saturated heterocycles. The molecule has 1 aliphatic heterocycles. The molecule has 2 aromatic carbocycles. The summed E-state index contributed by atoms with van der Waals surface area (Å²) in [5.41, 5.74) is 0.296. The predicted octanol–water partition coefficient (Wildman–Crippen LogP) is 3.65. The van der Waals surface area contributed by atoms with Gasteiger partial charge >= 0.3 is 0 Å². The maximum atomic E-state index is 13.0. The summed E-state index contributed by atoms with van der Waals surface area (Å²) in [6, 6.07) is 8.68. The molecule has 0 bridgehead atoms. The highest BCUT2D eigenvalue weighted by molar-refractivity contribution is 6.31. The third kappa shape index (κ3) is 4.30. The number of nitrogens with zero attached hydrogens (tertiary/aromatic N) is 2. The zero-order valence-corrected chi connectivity index (χ0v) is 17.3. The maximum Gasteiger partial charge on any atom is 0.271 e. The second kappa shape index (κ2) is 8.58. The average Bonchev–Trinajstić information content (AvgIpc) is 2.69. The van der Waals surface area contributed by atoms with Crippen molar-refractivity contribution < 1.29 is 24.0 Å². The average molecular weight is 434 g/mol. The molecule has 0 radical (unpaired) electrons. The Balaban J connectivity index is 1.92. The molecule has 1 unspecified atom stereocenters. The number of carbonyl (C=O) groups excluding carboxylic acids is 2. The number of non-ortho nitro benzene ring substituents is 1. The highest BCUT2D eigenvalue weighted by Crippen LogP contribution is 2.38. The monoisotopic (exact) mass is 433 g/mol. The van der Waals surface area contributed by atoms with Gasteiger partial charge in [-0.3, -0.25) is 24.6 Å². The van der Waals surface area contributed by atoms with Crippen LogP contribution in [0.15, 0.2) is 36.4 Å². The first kappa shape index (κ1) is 21.4. The molecule has 158 valence electrons. The van der Waals surface area contributed by atoms with Crippen LogP contribution in [0.1, 0.15) is 13.8 Å². The van der Waals surface area contributed by atoms with Gasteiger partial charge in [0.15, 0.2) is 6.10 Å². The van der Waals surface area contributed by atoms with Gasteiger partial charge in [0, 0.05) is 17.2 Å². The van der Waals surface area contributed by atoms with Gasteiger partial charge < -0.3 is 14.8 Å². The zero-order chi connectivity index (χ0) is 22.0. The molecule has 1 N–H and O–H groups in total. The Kier molecular flexibility index (Phi) is 6.12. The quantitative estimate of drug-likeness (QED) is 0.549. The lowest BCUT2D eigenvalue weighted by atomic mass is 10.0. The van der Waals surface area contributed by atoms with Crippen LogP contribution < -0.4 is 19.7 Å². The summed E-state index contributed by atoms with van der Waals surface area (Å²) in [5.74, 6) is -0.444. The first-order chi connectivity index (χ1) is 14.2. The predicted molar refractivity (Wildman–Crippen MR) is 111 cm³/mol. The number of fused-ring (bicyclic) bond motifs is 1. The van der Waals surface area contributed by atoms with Gasteiger partial charge in [-0.25, -0.2) is 0 Å². The fourth-order valence-corrected chi connectivity index (χ4v) is 3.26. The first-order valence-electron chi connectivity index (χ1n) is 9.11. The first-order valence-corrected chi connectivity index (χ1v) is 9.49. The van der Waals surface area contributed by atoms with E-state index in [9.17, 15) is 19.7 Å². The van der Waals surface area contributed by atoms with Crippen molar-refractivity contribution in [3.05, 3.63) is 51.5 Å². The van der Waals surface area contributed by atoms with E-state index in [1.165, 1.54) is 36.3 Å². The highest BCUT2D eigenvalue weighted by Gasteiger charge is 2.38. The van der Waals surface area contributed by atoms with Crippen molar-refractivity contribution in [3.63, 3.8) is 0 Å². The standard InChI is InChI=1S/C20H20ClN3O6/c1-11(2)19-20(26)23(15-9-13(24(27)28)5-7-17(15)30-19)10-18(25)22-14-8-12(21)4-6-16(14)29-3/h4-9,11,19H,10H2,1-3H3,(H,22,25). The molecular weight excluding hydrogens is 414 g/mol. The second-order valence-corrected chi connectivity index (χ2v) is 7.45. The van der Waals surface area contributed by atoms with Gasteiger partial charge in [-0.05, 0) is 30.2 Å². The lowest BCUT2D eigenvalue weighted by Crippen LogP contribution is -2.50. The summed E-state index contributed by atoms with van der Waals surface area (Å²) >= 11 is 5.99. The lowest BCUT2D eigenvalue weighted by molar-refractivity contribution is -0.384. The molecule has 0 aromatic heterocycles. The molecule has 10 heteroatoms. The van der Waals surface area contributed by atoms with E-state index in [-0.39, 0.29) is 23.8 Å². The minimum atomic E-state index is -0.813. The molecule has 1 atom stereocenters. The number of anilines is 2. The number of carbonyl (C=O) groups is 2. The van der Waals surface area contributed by atoms with Gasteiger partial charge in [-0.2, -0.15) is 0 Å². The number of halogens is 1.